The maximum absolute atomic E-state index is 12.7. The Hall–Kier alpha value is -1.80. The topological polar surface area (TPSA) is 116 Å². The van der Waals surface area contributed by atoms with Crippen LogP contribution in [0.25, 0.3) is 0 Å². The number of hydrogen-bond donors (Lipinski definition) is 2. The van der Waals surface area contributed by atoms with E-state index in [1.807, 2.05) is 0 Å². The molecule has 0 unspecified atom stereocenters. The van der Waals surface area contributed by atoms with Crippen LogP contribution in [0.1, 0.15) is 18.9 Å². The van der Waals surface area contributed by atoms with Gasteiger partial charge in [0.1, 0.15) is 10.6 Å². The molecule has 1 aromatic rings. The van der Waals surface area contributed by atoms with Gasteiger partial charge in [-0.1, -0.05) is 6.92 Å². The van der Waals surface area contributed by atoms with Crippen LogP contribution in [0.5, 0.6) is 5.75 Å². The Labute approximate surface area is 123 Å². The lowest BCUT2D eigenvalue weighted by molar-refractivity contribution is -0.118. The van der Waals surface area contributed by atoms with Crippen LogP contribution < -0.4 is 16.2 Å². The van der Waals surface area contributed by atoms with Crippen molar-refractivity contribution >= 4 is 21.6 Å². The Morgan fingerprint density at radius 1 is 1.43 bits per heavy atom. The normalized spacial score (nSPS) is 14.6. The highest BCUT2D eigenvalue weighted by Crippen LogP contribution is 2.35. The van der Waals surface area contributed by atoms with Crippen molar-refractivity contribution in [3.63, 3.8) is 0 Å². The molecule has 1 aromatic carbocycles. The minimum absolute atomic E-state index is 0.000278. The number of anilines is 1. The molecular weight excluding hydrogens is 294 g/mol. The summed E-state index contributed by atoms with van der Waals surface area (Å²) >= 11 is 0. The highest BCUT2D eigenvalue weighted by molar-refractivity contribution is 7.89. The number of nitrogens with two attached hydrogens (primary N) is 2. The first-order chi connectivity index (χ1) is 9.86. The van der Waals surface area contributed by atoms with Crippen LogP contribution in [-0.4, -0.2) is 38.3 Å². The van der Waals surface area contributed by atoms with Crippen molar-refractivity contribution < 1.29 is 17.9 Å². The number of ether oxygens (including phenoxy) is 1. The summed E-state index contributed by atoms with van der Waals surface area (Å²) in [5.41, 5.74) is 12.0. The van der Waals surface area contributed by atoms with Gasteiger partial charge in [0.15, 0.2) is 0 Å². The number of fused-ring (bicyclic) bond motifs is 1. The van der Waals surface area contributed by atoms with E-state index < -0.39 is 15.9 Å². The summed E-state index contributed by atoms with van der Waals surface area (Å²) in [5, 5.41) is 0. The van der Waals surface area contributed by atoms with Crippen molar-refractivity contribution in [1.29, 1.82) is 0 Å². The molecular formula is C13H19N3O4S. The van der Waals surface area contributed by atoms with Crippen molar-refractivity contribution in [2.75, 3.05) is 25.4 Å². The van der Waals surface area contributed by atoms with Crippen molar-refractivity contribution in [3.05, 3.63) is 17.7 Å². The predicted molar refractivity (Wildman–Crippen MR) is 78.3 cm³/mol. The van der Waals surface area contributed by atoms with Gasteiger partial charge in [0.05, 0.1) is 13.2 Å². The predicted octanol–water partition coefficient (Wildman–Crippen LogP) is 0.0897. The molecule has 1 heterocycles. The average molecular weight is 313 g/mol. The largest absolute Gasteiger partial charge is 0.492 e. The fraction of sp³-hybridized carbons (Fsp3) is 0.462. The lowest BCUT2D eigenvalue weighted by Gasteiger charge is -2.24. The van der Waals surface area contributed by atoms with Gasteiger partial charge < -0.3 is 16.2 Å². The van der Waals surface area contributed by atoms with Crippen LogP contribution in [0, 0.1) is 0 Å². The SMILES string of the molecule is CCN(CC(N)=O)S(=O)(=O)c1cc(N)cc2c1OCCC2. The fourth-order valence-corrected chi connectivity index (χ4v) is 3.97. The average Bonchev–Trinajstić information content (AvgIpc) is 2.43. The molecule has 116 valence electrons. The van der Waals surface area contributed by atoms with Crippen LogP contribution in [0.2, 0.25) is 0 Å². The molecule has 0 bridgehead atoms. The van der Waals surface area contributed by atoms with Crippen molar-refractivity contribution in [2.24, 2.45) is 5.73 Å². The van der Waals surface area contributed by atoms with Gasteiger partial charge in [0.25, 0.3) is 0 Å². The van der Waals surface area contributed by atoms with Crippen molar-refractivity contribution in [2.45, 2.75) is 24.7 Å². The minimum Gasteiger partial charge on any atom is -0.492 e. The van der Waals surface area contributed by atoms with Gasteiger partial charge in [-0.25, -0.2) is 8.42 Å². The number of amides is 1. The van der Waals surface area contributed by atoms with Crippen LogP contribution >= 0.6 is 0 Å². The minimum atomic E-state index is -3.88. The summed E-state index contributed by atoms with van der Waals surface area (Å²) in [6.07, 6.45) is 1.53. The zero-order valence-corrected chi connectivity index (χ0v) is 12.6. The molecule has 4 N–H and O–H groups in total. The van der Waals surface area contributed by atoms with E-state index in [0.717, 1.165) is 16.3 Å². The number of hydrogen-bond acceptors (Lipinski definition) is 5. The summed E-state index contributed by atoms with van der Waals surface area (Å²) in [6, 6.07) is 3.08. The van der Waals surface area contributed by atoms with E-state index in [2.05, 4.69) is 0 Å². The first-order valence-corrected chi connectivity index (χ1v) is 8.14. The number of nitrogens with zero attached hydrogens (tertiary/aromatic N) is 1. The lowest BCUT2D eigenvalue weighted by atomic mass is 10.1. The summed E-state index contributed by atoms with van der Waals surface area (Å²) in [4.78, 5) is 11.1. The Morgan fingerprint density at radius 2 is 2.14 bits per heavy atom. The number of primary amides is 1. The number of rotatable bonds is 5. The Kier molecular flexibility index (Phi) is 4.38. The quantitative estimate of drug-likeness (QED) is 0.747. The molecule has 0 aliphatic carbocycles. The number of likely N-dealkylation sites (N-methyl/N-ethyl adjacent to an activating group) is 1. The van der Waals surface area contributed by atoms with Gasteiger partial charge in [0.2, 0.25) is 15.9 Å². The van der Waals surface area contributed by atoms with E-state index in [0.29, 0.717) is 24.5 Å². The Balaban J connectivity index is 2.53. The van der Waals surface area contributed by atoms with Crippen LogP contribution in [0.4, 0.5) is 5.69 Å². The van der Waals surface area contributed by atoms with E-state index in [1.54, 1.807) is 13.0 Å². The van der Waals surface area contributed by atoms with E-state index in [9.17, 15) is 13.2 Å². The summed E-state index contributed by atoms with van der Waals surface area (Å²) in [5.74, 6) is -0.377. The molecule has 0 saturated carbocycles. The van der Waals surface area contributed by atoms with E-state index in [-0.39, 0.29) is 18.0 Å². The van der Waals surface area contributed by atoms with Crippen LogP contribution in [0.3, 0.4) is 0 Å². The number of nitrogen functional groups attached to an aromatic ring is 1. The number of benzene rings is 1. The molecule has 0 aromatic heterocycles. The Bertz CT molecular complexity index is 658. The molecule has 21 heavy (non-hydrogen) atoms. The highest BCUT2D eigenvalue weighted by atomic mass is 32.2. The lowest BCUT2D eigenvalue weighted by Crippen LogP contribution is -2.38. The number of sulfonamides is 1. The van der Waals surface area contributed by atoms with Gasteiger partial charge in [-0.3, -0.25) is 4.79 Å². The molecule has 0 fully saturated rings. The molecule has 1 aliphatic rings. The maximum atomic E-state index is 12.7. The zero-order valence-electron chi connectivity index (χ0n) is 11.8. The first-order valence-electron chi connectivity index (χ1n) is 6.70. The summed E-state index contributed by atoms with van der Waals surface area (Å²) in [6.45, 7) is 1.86. The van der Waals surface area contributed by atoms with E-state index >= 15 is 0 Å². The second-order valence-corrected chi connectivity index (χ2v) is 6.76. The van der Waals surface area contributed by atoms with Gasteiger partial charge in [-0.15, -0.1) is 0 Å². The van der Waals surface area contributed by atoms with Crippen molar-refractivity contribution in [1.82, 2.24) is 4.31 Å². The van der Waals surface area contributed by atoms with Crippen molar-refractivity contribution in [3.8, 4) is 5.75 Å². The molecule has 0 spiro atoms. The van der Waals surface area contributed by atoms with Gasteiger partial charge in [0, 0.05) is 12.2 Å². The molecule has 0 saturated heterocycles. The Morgan fingerprint density at radius 3 is 2.76 bits per heavy atom. The molecule has 1 aliphatic heterocycles. The monoisotopic (exact) mass is 313 g/mol. The molecule has 1 amide bonds. The molecule has 2 rings (SSSR count). The van der Waals surface area contributed by atoms with Crippen LogP contribution in [-0.2, 0) is 21.2 Å². The molecule has 0 radical (unpaired) electrons. The fourth-order valence-electron chi connectivity index (χ4n) is 2.34. The summed E-state index contributed by atoms with van der Waals surface area (Å²) < 4.78 is 31.9. The number of carbonyl (C=O) groups is 1. The number of aryl methyl sites for hydroxylation is 1. The zero-order chi connectivity index (χ0) is 15.6. The molecule has 0 atom stereocenters. The maximum Gasteiger partial charge on any atom is 0.247 e. The van der Waals surface area contributed by atoms with Gasteiger partial charge in [-0.05, 0) is 30.5 Å². The third-order valence-corrected chi connectivity index (χ3v) is 5.22. The first kappa shape index (κ1) is 15.6. The second kappa shape index (κ2) is 5.90. The summed E-state index contributed by atoms with van der Waals surface area (Å²) in [7, 11) is -3.88. The second-order valence-electron chi connectivity index (χ2n) is 4.86. The van der Waals surface area contributed by atoms with Gasteiger partial charge >= 0.3 is 0 Å². The standard InChI is InChI=1S/C13H19N3O4S/c1-2-16(8-12(15)17)21(18,19)11-7-10(14)6-9-4-3-5-20-13(9)11/h6-7H,2-5,8,14H2,1H3,(H2,15,17). The smallest absolute Gasteiger partial charge is 0.247 e. The molecule has 8 heteroatoms. The van der Waals surface area contributed by atoms with E-state index in [4.69, 9.17) is 16.2 Å². The van der Waals surface area contributed by atoms with Gasteiger partial charge in [-0.2, -0.15) is 4.31 Å². The highest BCUT2D eigenvalue weighted by Gasteiger charge is 2.30. The third-order valence-electron chi connectivity index (χ3n) is 3.29. The van der Waals surface area contributed by atoms with E-state index in [1.165, 1.54) is 6.07 Å². The third kappa shape index (κ3) is 3.11. The van der Waals surface area contributed by atoms with Crippen LogP contribution in [0.15, 0.2) is 17.0 Å². The molecule has 7 nitrogen and oxygen atoms in total. The number of carbonyl (C=O) groups excluding carboxylic acids is 1.